The molecule has 0 saturated carbocycles. The highest BCUT2D eigenvalue weighted by Gasteiger charge is 2.16. The Bertz CT molecular complexity index is 376. The molecule has 1 unspecified atom stereocenters. The average molecular weight is 293 g/mol. The predicted molar refractivity (Wildman–Crippen MR) is 89.8 cm³/mol. The van der Waals surface area contributed by atoms with Gasteiger partial charge in [0, 0.05) is 31.9 Å². The van der Waals surface area contributed by atoms with E-state index < -0.39 is 0 Å². The van der Waals surface area contributed by atoms with Gasteiger partial charge in [0.05, 0.1) is 6.61 Å². The van der Waals surface area contributed by atoms with Crippen molar-refractivity contribution in [1.29, 1.82) is 0 Å². The van der Waals surface area contributed by atoms with Crippen molar-refractivity contribution in [2.75, 3.05) is 25.2 Å². The van der Waals surface area contributed by atoms with Crippen LogP contribution in [0, 0.1) is 0 Å². The lowest BCUT2D eigenvalue weighted by molar-refractivity contribution is 0.202. The Hall–Kier alpha value is -1.13. The summed E-state index contributed by atoms with van der Waals surface area (Å²) in [7, 11) is 1.74. The van der Waals surface area contributed by atoms with Crippen LogP contribution in [-0.4, -0.2) is 37.3 Å². The van der Waals surface area contributed by atoms with Crippen LogP contribution < -0.4 is 10.6 Å². The van der Waals surface area contributed by atoms with Crippen LogP contribution in [0.3, 0.4) is 0 Å². The number of methoxy groups -OCH3 is 1. The fraction of sp³-hybridized carbons (Fsp3) is 0.706. The fourth-order valence-corrected chi connectivity index (χ4v) is 2.56. The normalized spacial score (nSPS) is 12.7. The molecule has 1 atom stereocenters. The monoisotopic (exact) mass is 293 g/mol. The third-order valence-electron chi connectivity index (χ3n) is 4.05. The second kappa shape index (κ2) is 9.74. The molecule has 1 aromatic rings. The molecule has 0 bridgehead atoms. The summed E-state index contributed by atoms with van der Waals surface area (Å²) in [5.74, 6) is 1.04. The standard InChI is InChI=1S/C17H31N3O/c1-5-15(18)12-14-8-9-17(19-13-14)20(10-11-21-4)16(6-2)7-3/h8-9,13,15-16H,5-7,10-12,18H2,1-4H3. The van der Waals surface area contributed by atoms with Crippen LogP contribution in [-0.2, 0) is 11.2 Å². The van der Waals surface area contributed by atoms with E-state index in [0.29, 0.717) is 6.04 Å². The van der Waals surface area contributed by atoms with Gasteiger partial charge in [-0.15, -0.1) is 0 Å². The van der Waals surface area contributed by atoms with Crippen LogP contribution in [0.5, 0.6) is 0 Å². The summed E-state index contributed by atoms with van der Waals surface area (Å²) in [4.78, 5) is 7.01. The van der Waals surface area contributed by atoms with E-state index in [9.17, 15) is 0 Å². The molecule has 0 spiro atoms. The second-order valence-electron chi connectivity index (χ2n) is 5.55. The highest BCUT2D eigenvalue weighted by atomic mass is 16.5. The summed E-state index contributed by atoms with van der Waals surface area (Å²) in [6.45, 7) is 8.17. The minimum Gasteiger partial charge on any atom is -0.383 e. The van der Waals surface area contributed by atoms with E-state index in [4.69, 9.17) is 10.5 Å². The second-order valence-corrected chi connectivity index (χ2v) is 5.55. The van der Waals surface area contributed by atoms with Crippen LogP contribution in [0.25, 0.3) is 0 Å². The Morgan fingerprint density at radius 3 is 2.38 bits per heavy atom. The van der Waals surface area contributed by atoms with Gasteiger partial charge in [-0.1, -0.05) is 26.8 Å². The molecule has 0 aliphatic carbocycles. The zero-order valence-corrected chi connectivity index (χ0v) is 14.0. The van der Waals surface area contributed by atoms with Crippen molar-refractivity contribution < 1.29 is 4.74 Å². The van der Waals surface area contributed by atoms with Gasteiger partial charge in [0.25, 0.3) is 0 Å². The Kier molecular flexibility index (Phi) is 8.31. The van der Waals surface area contributed by atoms with Crippen LogP contribution in [0.1, 0.15) is 45.6 Å². The molecule has 1 heterocycles. The number of hydrogen-bond acceptors (Lipinski definition) is 4. The number of nitrogens with two attached hydrogens (primary N) is 1. The fourth-order valence-electron chi connectivity index (χ4n) is 2.56. The van der Waals surface area contributed by atoms with Gasteiger partial charge in [0.1, 0.15) is 5.82 Å². The van der Waals surface area contributed by atoms with Crippen LogP contribution in [0.15, 0.2) is 18.3 Å². The number of ether oxygens (including phenoxy) is 1. The number of nitrogens with zero attached hydrogens (tertiary/aromatic N) is 2. The maximum absolute atomic E-state index is 6.01. The molecule has 0 saturated heterocycles. The third kappa shape index (κ3) is 5.64. The first kappa shape index (κ1) is 17.9. The Morgan fingerprint density at radius 1 is 1.19 bits per heavy atom. The SMILES string of the molecule is CCC(N)Cc1ccc(N(CCOC)C(CC)CC)nc1. The van der Waals surface area contributed by atoms with E-state index in [-0.39, 0.29) is 6.04 Å². The van der Waals surface area contributed by atoms with Crippen molar-refractivity contribution in [3.8, 4) is 0 Å². The number of anilines is 1. The van der Waals surface area contributed by atoms with Crippen LogP contribution >= 0.6 is 0 Å². The summed E-state index contributed by atoms with van der Waals surface area (Å²) in [5, 5.41) is 0. The van der Waals surface area contributed by atoms with Gasteiger partial charge in [-0.2, -0.15) is 0 Å². The lowest BCUT2D eigenvalue weighted by Crippen LogP contribution is -2.37. The number of pyridine rings is 1. The Balaban J connectivity index is 2.82. The topological polar surface area (TPSA) is 51.4 Å². The lowest BCUT2D eigenvalue weighted by Gasteiger charge is -2.31. The summed E-state index contributed by atoms with van der Waals surface area (Å²) in [6.07, 6.45) is 6.09. The average Bonchev–Trinajstić information content (AvgIpc) is 2.52. The van der Waals surface area contributed by atoms with Gasteiger partial charge in [0.2, 0.25) is 0 Å². The molecule has 0 radical (unpaired) electrons. The summed E-state index contributed by atoms with van der Waals surface area (Å²) in [6, 6.07) is 5.00. The van der Waals surface area contributed by atoms with Crippen molar-refractivity contribution in [2.24, 2.45) is 5.73 Å². The van der Waals surface area contributed by atoms with Gasteiger partial charge in [0.15, 0.2) is 0 Å². The van der Waals surface area contributed by atoms with Crippen molar-refractivity contribution in [3.63, 3.8) is 0 Å². The molecule has 0 aliphatic rings. The first-order chi connectivity index (χ1) is 10.2. The zero-order valence-electron chi connectivity index (χ0n) is 14.0. The molecule has 1 rings (SSSR count). The summed E-state index contributed by atoms with van der Waals surface area (Å²) < 4.78 is 5.24. The molecule has 4 heteroatoms. The molecule has 120 valence electrons. The highest BCUT2D eigenvalue weighted by Crippen LogP contribution is 2.19. The predicted octanol–water partition coefficient (Wildman–Crippen LogP) is 3.00. The third-order valence-corrected chi connectivity index (χ3v) is 4.05. The minimum absolute atomic E-state index is 0.223. The van der Waals surface area contributed by atoms with Crippen molar-refractivity contribution >= 4 is 5.82 Å². The lowest BCUT2D eigenvalue weighted by atomic mass is 10.1. The molecule has 2 N–H and O–H groups in total. The molecule has 0 amide bonds. The molecular weight excluding hydrogens is 262 g/mol. The van der Waals surface area contributed by atoms with E-state index in [1.807, 2.05) is 6.20 Å². The van der Waals surface area contributed by atoms with Crippen LogP contribution in [0.4, 0.5) is 5.82 Å². The molecule has 21 heavy (non-hydrogen) atoms. The number of rotatable bonds is 10. The Labute approximate surface area is 129 Å². The largest absolute Gasteiger partial charge is 0.383 e. The van der Waals surface area contributed by atoms with Crippen LogP contribution in [0.2, 0.25) is 0 Å². The smallest absolute Gasteiger partial charge is 0.128 e. The summed E-state index contributed by atoms with van der Waals surface area (Å²) >= 11 is 0. The van der Waals surface area contributed by atoms with E-state index in [1.165, 1.54) is 5.56 Å². The molecular formula is C17H31N3O. The Morgan fingerprint density at radius 2 is 1.90 bits per heavy atom. The van der Waals surface area contributed by atoms with Gasteiger partial charge < -0.3 is 15.4 Å². The number of aromatic nitrogens is 1. The zero-order chi connectivity index (χ0) is 15.7. The van der Waals surface area contributed by atoms with Crippen molar-refractivity contribution in [2.45, 2.75) is 58.5 Å². The van der Waals surface area contributed by atoms with Gasteiger partial charge in [-0.3, -0.25) is 0 Å². The quantitative estimate of drug-likeness (QED) is 0.720. The van der Waals surface area contributed by atoms with Gasteiger partial charge in [-0.25, -0.2) is 4.98 Å². The number of hydrogen-bond donors (Lipinski definition) is 1. The van der Waals surface area contributed by atoms with E-state index in [0.717, 1.165) is 44.7 Å². The minimum atomic E-state index is 0.223. The maximum atomic E-state index is 6.01. The van der Waals surface area contributed by atoms with Crippen molar-refractivity contribution in [3.05, 3.63) is 23.9 Å². The molecule has 4 nitrogen and oxygen atoms in total. The van der Waals surface area contributed by atoms with Crippen molar-refractivity contribution in [1.82, 2.24) is 4.98 Å². The highest BCUT2D eigenvalue weighted by molar-refractivity contribution is 5.40. The van der Waals surface area contributed by atoms with Gasteiger partial charge >= 0.3 is 0 Å². The van der Waals surface area contributed by atoms with E-state index >= 15 is 0 Å². The van der Waals surface area contributed by atoms with Gasteiger partial charge in [-0.05, 0) is 37.3 Å². The summed E-state index contributed by atoms with van der Waals surface area (Å²) in [5.41, 5.74) is 7.22. The molecule has 0 fully saturated rings. The first-order valence-electron chi connectivity index (χ1n) is 8.12. The molecule has 1 aromatic heterocycles. The molecule has 0 aliphatic heterocycles. The van der Waals surface area contributed by atoms with E-state index in [2.05, 4.69) is 42.8 Å². The molecule has 0 aromatic carbocycles. The maximum Gasteiger partial charge on any atom is 0.128 e. The van der Waals surface area contributed by atoms with E-state index in [1.54, 1.807) is 7.11 Å². The first-order valence-corrected chi connectivity index (χ1v) is 8.12.